The number of nitrogens with zero attached hydrogens (tertiary/aromatic N) is 1. The van der Waals surface area contributed by atoms with E-state index in [9.17, 15) is 0 Å². The van der Waals surface area contributed by atoms with E-state index >= 15 is 0 Å². The predicted octanol–water partition coefficient (Wildman–Crippen LogP) is 11.4. The molecule has 1 atom stereocenters. The van der Waals surface area contributed by atoms with E-state index in [1.54, 1.807) is 13.8 Å². The molecule has 1 aliphatic carbocycles. The lowest BCUT2D eigenvalue weighted by atomic mass is 9.89. The number of allylic oxidation sites excluding steroid dienone is 5. The highest BCUT2D eigenvalue weighted by molar-refractivity contribution is 5.87. The first-order chi connectivity index (χ1) is 25.4. The second-order valence-electron chi connectivity index (χ2n) is 12.8. The lowest BCUT2D eigenvalue weighted by Gasteiger charge is -2.19. The number of aromatic nitrogens is 1. The maximum atomic E-state index is 8.06. The van der Waals surface area contributed by atoms with Gasteiger partial charge in [0.15, 0.2) is 0 Å². The molecule has 0 radical (unpaired) electrons. The highest BCUT2D eigenvalue weighted by atomic mass is 16.3. The van der Waals surface area contributed by atoms with Crippen molar-refractivity contribution in [3.63, 3.8) is 0 Å². The average molecular weight is 719 g/mol. The van der Waals surface area contributed by atoms with Crippen LogP contribution in [-0.2, 0) is 6.54 Å². The minimum Gasteiger partial charge on any atom is -0.394 e. The van der Waals surface area contributed by atoms with Crippen molar-refractivity contribution in [1.82, 2.24) is 10.3 Å². The molecule has 0 amide bonds. The van der Waals surface area contributed by atoms with E-state index in [1.165, 1.54) is 75.4 Å². The van der Waals surface area contributed by atoms with Crippen molar-refractivity contribution in [3.8, 4) is 11.1 Å². The number of aliphatic hydroxyl groups excluding tert-OH is 1. The molecule has 0 saturated heterocycles. The minimum atomic E-state index is -0.167. The molecule has 0 aliphatic heterocycles. The molecule has 0 saturated carbocycles. The smallest absolute Gasteiger partial charge is 0.0731 e. The van der Waals surface area contributed by atoms with Gasteiger partial charge in [0, 0.05) is 30.3 Å². The molecule has 1 heterocycles. The third-order valence-corrected chi connectivity index (χ3v) is 8.14. The van der Waals surface area contributed by atoms with Crippen molar-refractivity contribution in [3.05, 3.63) is 155 Å². The summed E-state index contributed by atoms with van der Waals surface area (Å²) in [4.78, 5) is 4.45. The molecule has 1 unspecified atom stereocenters. The van der Waals surface area contributed by atoms with Crippen molar-refractivity contribution < 1.29 is 5.11 Å². The van der Waals surface area contributed by atoms with Crippen LogP contribution in [0, 0.1) is 20.8 Å². The second-order valence-corrected chi connectivity index (χ2v) is 12.8. The number of benzene rings is 3. The number of aryl methyl sites for hydroxylation is 3. The molecule has 3 aromatic carbocycles. The monoisotopic (exact) mass is 719 g/mol. The Morgan fingerprint density at radius 1 is 0.925 bits per heavy atom. The summed E-state index contributed by atoms with van der Waals surface area (Å²) in [6, 6.07) is 23.7. The van der Waals surface area contributed by atoms with E-state index in [-0.39, 0.29) is 6.10 Å². The van der Waals surface area contributed by atoms with Gasteiger partial charge >= 0.3 is 0 Å². The first-order valence-electron chi connectivity index (χ1n) is 18.9. The summed E-state index contributed by atoms with van der Waals surface area (Å²) < 4.78 is 0. The van der Waals surface area contributed by atoms with Crippen LogP contribution in [0.2, 0.25) is 0 Å². The molecular weight excluding hydrogens is 649 g/mol. The zero-order valence-corrected chi connectivity index (χ0v) is 34.8. The molecular formula is C48H70N4O. The number of aliphatic hydroxyl groups is 1. The Morgan fingerprint density at radius 3 is 2.08 bits per heavy atom. The summed E-state index contributed by atoms with van der Waals surface area (Å²) in [5.74, 6) is 0. The Labute approximate surface area is 323 Å². The lowest BCUT2D eigenvalue weighted by Crippen LogP contribution is -2.23. The molecule has 1 aromatic heterocycles. The molecule has 5 nitrogen and oxygen atoms in total. The first-order valence-corrected chi connectivity index (χ1v) is 18.9. The fraction of sp³-hybridized carbons (Fsp3) is 0.354. The third-order valence-electron chi connectivity index (χ3n) is 8.14. The number of likely N-dealkylation sites (N-methyl/N-ethyl adjacent to an activating group) is 1. The Balaban J connectivity index is 0.000000730. The molecule has 288 valence electrons. The summed E-state index contributed by atoms with van der Waals surface area (Å²) in [6.07, 6.45) is 15.7. The summed E-state index contributed by atoms with van der Waals surface area (Å²) in [5.41, 5.74) is 23.9. The number of rotatable bonds is 8. The van der Waals surface area contributed by atoms with Crippen LogP contribution in [0.3, 0.4) is 0 Å². The molecule has 4 aromatic rings. The molecule has 53 heavy (non-hydrogen) atoms. The van der Waals surface area contributed by atoms with E-state index in [1.807, 2.05) is 45.3 Å². The molecule has 6 N–H and O–H groups in total. The van der Waals surface area contributed by atoms with Crippen LogP contribution >= 0.6 is 0 Å². The van der Waals surface area contributed by atoms with Crippen molar-refractivity contribution >= 4 is 17.0 Å². The molecule has 5 heteroatoms. The van der Waals surface area contributed by atoms with Gasteiger partial charge in [-0.05, 0) is 151 Å². The average Bonchev–Trinajstić information content (AvgIpc) is 3.18. The largest absolute Gasteiger partial charge is 0.394 e. The van der Waals surface area contributed by atoms with E-state index in [2.05, 4.69) is 143 Å². The Kier molecular flexibility index (Phi) is 25.8. The molecule has 0 bridgehead atoms. The Morgan fingerprint density at radius 2 is 1.55 bits per heavy atom. The van der Waals surface area contributed by atoms with Gasteiger partial charge in [-0.3, -0.25) is 4.98 Å². The van der Waals surface area contributed by atoms with Crippen LogP contribution in [0.25, 0.3) is 28.1 Å². The van der Waals surface area contributed by atoms with Crippen molar-refractivity contribution in [1.29, 1.82) is 0 Å². The van der Waals surface area contributed by atoms with E-state index in [0.29, 0.717) is 12.6 Å². The van der Waals surface area contributed by atoms with Crippen LogP contribution < -0.4 is 16.8 Å². The minimum absolute atomic E-state index is 0.167. The van der Waals surface area contributed by atoms with Gasteiger partial charge in [0.2, 0.25) is 0 Å². The number of hydrogen-bond donors (Lipinski definition) is 4. The maximum Gasteiger partial charge on any atom is 0.0731 e. The fourth-order valence-corrected chi connectivity index (χ4v) is 5.45. The van der Waals surface area contributed by atoms with Gasteiger partial charge in [0.1, 0.15) is 0 Å². The predicted molar refractivity (Wildman–Crippen MR) is 237 cm³/mol. The number of pyridine rings is 1. The van der Waals surface area contributed by atoms with Crippen LogP contribution in [0.4, 0.5) is 0 Å². The summed E-state index contributed by atoms with van der Waals surface area (Å²) in [6.45, 7) is 26.5. The number of hydrogen-bond acceptors (Lipinski definition) is 5. The molecule has 1 aliphatic rings. The molecule has 5 rings (SSSR count). The van der Waals surface area contributed by atoms with Crippen molar-refractivity contribution in [2.45, 2.75) is 100 Å². The summed E-state index contributed by atoms with van der Waals surface area (Å²) in [5, 5.41) is 12.5. The van der Waals surface area contributed by atoms with Crippen molar-refractivity contribution in [2.75, 3.05) is 14.1 Å². The van der Waals surface area contributed by atoms with Crippen LogP contribution in [-0.4, -0.2) is 36.3 Å². The Hall–Kier alpha value is -4.39. The van der Waals surface area contributed by atoms with Gasteiger partial charge in [-0.15, -0.1) is 6.58 Å². The number of nitrogens with one attached hydrogen (secondary N) is 1. The van der Waals surface area contributed by atoms with Gasteiger partial charge in [-0.2, -0.15) is 0 Å². The van der Waals surface area contributed by atoms with E-state index in [0.717, 1.165) is 17.5 Å². The SMILES string of the molecule is C=CC(C/C(=C/C)C1=C(C)CCC=C1)NC.C=Cc1cc(C)cc(-c2cc(C)c3ncccc3c2)c1.CC.CC(C)O.CN.Cc1ccc(CN)cc1. The standard InChI is InChI=1S/C19H17N.C15H23N.C8H11N.C3H8O.C2H6.CH5N/c1-4-15-8-13(2)9-17(11-15)18-10-14(3)19-16(12-18)6-5-7-20-19;1-5-13(11-14(6-2)16-4)15-10-8-7-9-12(15)3;1-7-2-4-8(6-9)5-3-7;1-3(2)4;2*1-2/h4-12H,1H2,2-3H3;5-6,8,10,14,16H,2,7,9,11H2,1,3-4H3;2-5H,6,9H2,1H3;3-4H,1-2H3;1-2H3;2H2,1H3/b;13-5-;;;;. The van der Waals surface area contributed by atoms with E-state index in [4.69, 9.17) is 10.8 Å². The zero-order valence-electron chi connectivity index (χ0n) is 34.8. The Bertz CT molecular complexity index is 1730. The normalized spacial score (nSPS) is 12.2. The number of nitrogens with two attached hydrogens (primary N) is 2. The number of fused-ring (bicyclic) bond motifs is 1. The highest BCUT2D eigenvalue weighted by Gasteiger charge is 2.12. The first kappa shape index (κ1) is 48.6. The van der Waals surface area contributed by atoms with Gasteiger partial charge in [0.25, 0.3) is 0 Å². The summed E-state index contributed by atoms with van der Waals surface area (Å²) >= 11 is 0. The fourth-order valence-electron chi connectivity index (χ4n) is 5.45. The van der Waals surface area contributed by atoms with Crippen LogP contribution in [0.1, 0.15) is 88.6 Å². The van der Waals surface area contributed by atoms with Gasteiger partial charge in [-0.1, -0.05) is 104 Å². The quantitative estimate of drug-likeness (QED) is 0.136. The van der Waals surface area contributed by atoms with Gasteiger partial charge < -0.3 is 21.9 Å². The lowest BCUT2D eigenvalue weighted by molar-refractivity contribution is 0.216. The van der Waals surface area contributed by atoms with Crippen LogP contribution in [0.15, 0.2) is 127 Å². The van der Waals surface area contributed by atoms with Gasteiger partial charge in [-0.25, -0.2) is 0 Å². The summed E-state index contributed by atoms with van der Waals surface area (Å²) in [7, 11) is 3.48. The van der Waals surface area contributed by atoms with Crippen LogP contribution in [0.5, 0.6) is 0 Å². The highest BCUT2D eigenvalue weighted by Crippen LogP contribution is 2.29. The van der Waals surface area contributed by atoms with Crippen molar-refractivity contribution in [2.24, 2.45) is 11.5 Å². The second kappa shape index (κ2) is 28.2. The molecule has 0 fully saturated rings. The molecule has 0 spiro atoms. The zero-order chi connectivity index (χ0) is 40.3. The van der Waals surface area contributed by atoms with Gasteiger partial charge in [0.05, 0.1) is 5.52 Å². The van der Waals surface area contributed by atoms with E-state index < -0.39 is 0 Å². The third kappa shape index (κ3) is 18.3. The topological polar surface area (TPSA) is 97.2 Å². The maximum absolute atomic E-state index is 8.06.